The molecule has 1 atom stereocenters. The van der Waals surface area contributed by atoms with E-state index in [2.05, 4.69) is 18.0 Å². The molecule has 1 aliphatic rings. The minimum atomic E-state index is -0.477. The van der Waals surface area contributed by atoms with Gasteiger partial charge in [0.2, 0.25) is 11.8 Å². The first-order chi connectivity index (χ1) is 9.58. The summed E-state index contributed by atoms with van der Waals surface area (Å²) in [5.41, 5.74) is 1.33. The zero-order chi connectivity index (χ0) is 14.7. The van der Waals surface area contributed by atoms with Crippen LogP contribution >= 0.6 is 11.3 Å². The standard InChI is InChI=1S/C14H15N3O2S/c1-3-12(18)17-6-4-5-11(17)13(19)16-14-10(7-15)9(2)8-20-14/h3,8,11H,1,4-6H2,2H3,(H,16,19). The van der Waals surface area contributed by atoms with Gasteiger partial charge in [-0.05, 0) is 36.8 Å². The van der Waals surface area contributed by atoms with Gasteiger partial charge >= 0.3 is 0 Å². The number of carbonyl (C=O) groups excluding carboxylic acids is 2. The van der Waals surface area contributed by atoms with Gasteiger partial charge in [0.05, 0.1) is 5.56 Å². The lowest BCUT2D eigenvalue weighted by molar-refractivity contribution is -0.132. The molecule has 20 heavy (non-hydrogen) atoms. The summed E-state index contributed by atoms with van der Waals surface area (Å²) in [5.74, 6) is -0.471. The van der Waals surface area contributed by atoms with Crippen molar-refractivity contribution in [2.45, 2.75) is 25.8 Å². The molecule has 2 amide bonds. The molecule has 6 heteroatoms. The van der Waals surface area contributed by atoms with Crippen LogP contribution in [0.5, 0.6) is 0 Å². The van der Waals surface area contributed by atoms with Crippen molar-refractivity contribution < 1.29 is 9.59 Å². The van der Waals surface area contributed by atoms with Crippen LogP contribution in [0.15, 0.2) is 18.0 Å². The van der Waals surface area contributed by atoms with Gasteiger partial charge in [-0.3, -0.25) is 9.59 Å². The fourth-order valence-corrected chi connectivity index (χ4v) is 3.19. The zero-order valence-electron chi connectivity index (χ0n) is 11.2. The Morgan fingerprint density at radius 3 is 3.05 bits per heavy atom. The second-order valence-corrected chi connectivity index (χ2v) is 5.50. The summed E-state index contributed by atoms with van der Waals surface area (Å²) in [6, 6.07) is 1.61. The zero-order valence-corrected chi connectivity index (χ0v) is 12.0. The van der Waals surface area contributed by atoms with Crippen LogP contribution in [0.3, 0.4) is 0 Å². The molecule has 1 saturated heterocycles. The van der Waals surface area contributed by atoms with Gasteiger partial charge in [0.25, 0.3) is 0 Å². The van der Waals surface area contributed by atoms with E-state index in [1.54, 1.807) is 0 Å². The number of amides is 2. The van der Waals surface area contributed by atoms with Crippen LogP contribution in [-0.2, 0) is 9.59 Å². The second-order valence-electron chi connectivity index (χ2n) is 4.62. The smallest absolute Gasteiger partial charge is 0.247 e. The summed E-state index contributed by atoms with van der Waals surface area (Å²) < 4.78 is 0. The monoisotopic (exact) mass is 289 g/mol. The first kappa shape index (κ1) is 14.3. The number of nitrogens with one attached hydrogen (secondary N) is 1. The Balaban J connectivity index is 2.14. The molecule has 1 unspecified atom stereocenters. The van der Waals surface area contributed by atoms with E-state index in [0.717, 1.165) is 12.0 Å². The van der Waals surface area contributed by atoms with E-state index in [0.29, 0.717) is 23.5 Å². The third-order valence-corrected chi connectivity index (χ3v) is 4.35. The van der Waals surface area contributed by atoms with Gasteiger partial charge < -0.3 is 10.2 Å². The van der Waals surface area contributed by atoms with E-state index in [4.69, 9.17) is 5.26 Å². The van der Waals surface area contributed by atoms with E-state index >= 15 is 0 Å². The summed E-state index contributed by atoms with van der Waals surface area (Å²) in [4.78, 5) is 25.5. The minimum Gasteiger partial charge on any atom is -0.327 e. The van der Waals surface area contributed by atoms with Gasteiger partial charge in [-0.25, -0.2) is 0 Å². The average molecular weight is 289 g/mol. The van der Waals surface area contributed by atoms with E-state index in [1.165, 1.54) is 22.3 Å². The third kappa shape index (κ3) is 2.58. The normalized spacial score (nSPS) is 17.6. The Morgan fingerprint density at radius 1 is 1.65 bits per heavy atom. The molecule has 1 aromatic heterocycles. The highest BCUT2D eigenvalue weighted by molar-refractivity contribution is 7.14. The fourth-order valence-electron chi connectivity index (χ4n) is 2.29. The van der Waals surface area contributed by atoms with Crippen LogP contribution in [0.4, 0.5) is 5.00 Å². The number of anilines is 1. The van der Waals surface area contributed by atoms with E-state index < -0.39 is 6.04 Å². The van der Waals surface area contributed by atoms with Gasteiger partial charge in [0.1, 0.15) is 17.1 Å². The lowest BCUT2D eigenvalue weighted by atomic mass is 10.2. The van der Waals surface area contributed by atoms with Crippen LogP contribution in [0.1, 0.15) is 24.0 Å². The van der Waals surface area contributed by atoms with Gasteiger partial charge in [0, 0.05) is 6.54 Å². The van der Waals surface area contributed by atoms with Crippen molar-refractivity contribution in [1.82, 2.24) is 4.90 Å². The second kappa shape index (κ2) is 5.88. The predicted octanol–water partition coefficient (Wildman–Crippen LogP) is 2.04. The molecule has 0 spiro atoms. The summed E-state index contributed by atoms with van der Waals surface area (Å²) in [6.45, 7) is 5.84. The molecule has 0 saturated carbocycles. The molecule has 2 heterocycles. The van der Waals surface area contributed by atoms with Crippen molar-refractivity contribution in [3.63, 3.8) is 0 Å². The van der Waals surface area contributed by atoms with Gasteiger partial charge in [0.15, 0.2) is 0 Å². The highest BCUT2D eigenvalue weighted by Gasteiger charge is 2.33. The number of likely N-dealkylation sites (tertiary alicyclic amines) is 1. The number of carbonyl (C=O) groups is 2. The first-order valence-electron chi connectivity index (χ1n) is 6.30. The third-order valence-electron chi connectivity index (χ3n) is 3.34. The molecule has 0 radical (unpaired) electrons. The Morgan fingerprint density at radius 2 is 2.40 bits per heavy atom. The van der Waals surface area contributed by atoms with Gasteiger partial charge in [-0.15, -0.1) is 11.3 Å². The lowest BCUT2D eigenvalue weighted by Gasteiger charge is -2.22. The highest BCUT2D eigenvalue weighted by Crippen LogP contribution is 2.28. The number of thiophene rings is 1. The number of nitriles is 1. The Bertz CT molecular complexity index is 600. The fraction of sp³-hybridized carbons (Fsp3) is 0.357. The maximum absolute atomic E-state index is 12.3. The molecule has 5 nitrogen and oxygen atoms in total. The number of nitrogens with zero attached hydrogens (tertiary/aromatic N) is 2. The molecule has 1 aliphatic heterocycles. The molecule has 1 fully saturated rings. The molecular weight excluding hydrogens is 274 g/mol. The average Bonchev–Trinajstić information content (AvgIpc) is 3.05. The summed E-state index contributed by atoms with van der Waals surface area (Å²) >= 11 is 1.33. The van der Waals surface area contributed by atoms with Crippen molar-refractivity contribution in [3.05, 3.63) is 29.2 Å². The maximum atomic E-state index is 12.3. The maximum Gasteiger partial charge on any atom is 0.247 e. The van der Waals surface area contributed by atoms with Crippen LogP contribution in [0, 0.1) is 18.3 Å². The van der Waals surface area contributed by atoms with Crippen LogP contribution in [-0.4, -0.2) is 29.3 Å². The summed E-state index contributed by atoms with van der Waals surface area (Å²) in [7, 11) is 0. The number of rotatable bonds is 3. The van der Waals surface area contributed by atoms with Crippen molar-refractivity contribution in [2.24, 2.45) is 0 Å². The largest absolute Gasteiger partial charge is 0.327 e. The lowest BCUT2D eigenvalue weighted by Crippen LogP contribution is -2.42. The van der Waals surface area contributed by atoms with Crippen LogP contribution < -0.4 is 5.32 Å². The van der Waals surface area contributed by atoms with E-state index in [9.17, 15) is 9.59 Å². The molecule has 1 aromatic rings. The summed E-state index contributed by atoms with van der Waals surface area (Å²) in [5, 5.41) is 14.2. The minimum absolute atomic E-state index is 0.231. The Kier molecular flexibility index (Phi) is 4.20. The molecule has 1 N–H and O–H groups in total. The van der Waals surface area contributed by atoms with Crippen LogP contribution in [0.2, 0.25) is 0 Å². The van der Waals surface area contributed by atoms with Gasteiger partial charge in [-0.1, -0.05) is 6.58 Å². The van der Waals surface area contributed by atoms with E-state index in [-0.39, 0.29) is 11.8 Å². The van der Waals surface area contributed by atoms with E-state index in [1.807, 2.05) is 12.3 Å². The first-order valence-corrected chi connectivity index (χ1v) is 7.18. The molecule has 0 aliphatic carbocycles. The topological polar surface area (TPSA) is 73.2 Å². The SMILES string of the molecule is C=CC(=O)N1CCCC1C(=O)Nc1scc(C)c1C#N. The molecule has 2 rings (SSSR count). The predicted molar refractivity (Wildman–Crippen MR) is 77.3 cm³/mol. The molecule has 0 bridgehead atoms. The van der Waals surface area contributed by atoms with Crippen molar-refractivity contribution in [3.8, 4) is 6.07 Å². The quantitative estimate of drug-likeness (QED) is 0.865. The number of aryl methyl sites for hydroxylation is 1. The van der Waals surface area contributed by atoms with Crippen molar-refractivity contribution in [1.29, 1.82) is 5.26 Å². The highest BCUT2D eigenvalue weighted by atomic mass is 32.1. The van der Waals surface area contributed by atoms with Crippen LogP contribution in [0.25, 0.3) is 0 Å². The molecule has 0 aromatic carbocycles. The Hall–Kier alpha value is -2.13. The van der Waals surface area contributed by atoms with Crippen molar-refractivity contribution >= 4 is 28.2 Å². The molecular formula is C14H15N3O2S. The molecule has 104 valence electrons. The number of hydrogen-bond donors (Lipinski definition) is 1. The number of hydrogen-bond acceptors (Lipinski definition) is 4. The van der Waals surface area contributed by atoms with Crippen molar-refractivity contribution in [2.75, 3.05) is 11.9 Å². The summed E-state index contributed by atoms with van der Waals surface area (Å²) in [6.07, 6.45) is 2.66. The Labute approximate surface area is 121 Å². The van der Waals surface area contributed by atoms with Gasteiger partial charge in [-0.2, -0.15) is 5.26 Å².